The zero-order valence-electron chi connectivity index (χ0n) is 18.2. The molecule has 2 aromatic heterocycles. The van der Waals surface area contributed by atoms with E-state index in [2.05, 4.69) is 27.7 Å². The molecule has 7 rings (SSSR count). The molecule has 9 heteroatoms. The van der Waals surface area contributed by atoms with Gasteiger partial charge in [-0.1, -0.05) is 6.92 Å². The standard InChI is InChI=1S/C23H28F2N6O/c1-22-7-11(22)5-13-17(8-22)29-30-18(13)20-27-16-6-12(9-26-19(16)28-20)31(2)21(32)10-3-14-15(4-10)23(14,24)25/h6,9-11,13-15,17-18,29-30H,3-5,7-8H2,1-2H3,(H,26,27,28)/t10?,11-,13?,14-,15+,17?,18?,22-/m1/s1. The van der Waals surface area contributed by atoms with E-state index in [-0.39, 0.29) is 30.7 Å². The molecule has 0 bridgehead atoms. The first-order chi connectivity index (χ1) is 15.2. The Bertz CT molecular complexity index is 1120. The lowest BCUT2D eigenvalue weighted by Gasteiger charge is -2.30. The zero-order valence-corrected chi connectivity index (χ0v) is 18.2. The van der Waals surface area contributed by atoms with Gasteiger partial charge in [0.2, 0.25) is 5.91 Å². The van der Waals surface area contributed by atoms with Crippen LogP contribution < -0.4 is 15.8 Å². The van der Waals surface area contributed by atoms with Crippen molar-refractivity contribution in [3.63, 3.8) is 0 Å². The molecule has 5 aliphatic rings. The Morgan fingerprint density at radius 3 is 2.75 bits per heavy atom. The Labute approximate surface area is 184 Å². The normalized spacial score (nSPS) is 42.9. The molecular weight excluding hydrogens is 414 g/mol. The van der Waals surface area contributed by atoms with Crippen molar-refractivity contribution >= 4 is 22.8 Å². The average molecular weight is 443 g/mol. The SMILES string of the molecule is CN(C(=O)C1C[C@@H]2[C@H](C1)C2(F)F)c1cnc2nc(C3NNC4C[C@@]5(C)C[C@H]5CC43)[nH]c2c1. The Morgan fingerprint density at radius 2 is 1.97 bits per heavy atom. The molecule has 4 aliphatic carbocycles. The van der Waals surface area contributed by atoms with Crippen LogP contribution >= 0.6 is 0 Å². The molecule has 3 N–H and O–H groups in total. The van der Waals surface area contributed by atoms with Gasteiger partial charge in [0.15, 0.2) is 5.65 Å². The van der Waals surface area contributed by atoms with Crippen LogP contribution in [0.5, 0.6) is 0 Å². The number of carbonyl (C=O) groups excluding carboxylic acids is 1. The maximum absolute atomic E-state index is 13.5. The number of pyridine rings is 1. The first-order valence-corrected chi connectivity index (χ1v) is 11.8. The van der Waals surface area contributed by atoms with Crippen LogP contribution in [0.2, 0.25) is 0 Å². The van der Waals surface area contributed by atoms with Crippen molar-refractivity contribution in [1.82, 2.24) is 25.8 Å². The molecule has 32 heavy (non-hydrogen) atoms. The highest BCUT2D eigenvalue weighted by atomic mass is 19.3. The van der Waals surface area contributed by atoms with E-state index in [1.54, 1.807) is 18.1 Å². The number of aromatic amines is 1. The Kier molecular flexibility index (Phi) is 3.66. The largest absolute Gasteiger partial charge is 0.339 e. The summed E-state index contributed by atoms with van der Waals surface area (Å²) < 4.78 is 27.0. The molecule has 1 aliphatic heterocycles. The number of nitrogens with one attached hydrogen (secondary N) is 3. The lowest BCUT2D eigenvalue weighted by atomic mass is 9.77. The van der Waals surface area contributed by atoms with Crippen molar-refractivity contribution in [1.29, 1.82) is 0 Å². The number of carbonyl (C=O) groups is 1. The molecule has 4 saturated carbocycles. The number of anilines is 1. The van der Waals surface area contributed by atoms with Gasteiger partial charge in [0, 0.05) is 30.8 Å². The second-order valence-electron chi connectivity index (χ2n) is 11.2. The summed E-state index contributed by atoms with van der Waals surface area (Å²) in [4.78, 5) is 27.1. The van der Waals surface area contributed by atoms with E-state index in [1.165, 1.54) is 19.3 Å². The van der Waals surface area contributed by atoms with Crippen molar-refractivity contribution in [3.05, 3.63) is 18.1 Å². The number of rotatable bonds is 3. The topological polar surface area (TPSA) is 85.9 Å². The van der Waals surface area contributed by atoms with Crippen molar-refractivity contribution in [2.24, 2.45) is 35.0 Å². The maximum atomic E-state index is 13.5. The third-order valence-electron chi connectivity index (χ3n) is 9.30. The predicted molar refractivity (Wildman–Crippen MR) is 114 cm³/mol. The maximum Gasteiger partial charge on any atom is 0.254 e. The lowest BCUT2D eigenvalue weighted by molar-refractivity contribution is -0.122. The van der Waals surface area contributed by atoms with Crippen molar-refractivity contribution in [3.8, 4) is 0 Å². The summed E-state index contributed by atoms with van der Waals surface area (Å²) in [5, 5.41) is 0. The van der Waals surface area contributed by atoms with Crippen molar-refractivity contribution in [2.45, 2.75) is 57.0 Å². The highest BCUT2D eigenvalue weighted by Crippen LogP contribution is 2.66. The van der Waals surface area contributed by atoms with Crippen molar-refractivity contribution < 1.29 is 13.6 Å². The number of fused-ring (bicyclic) bond motifs is 4. The number of halogens is 2. The highest BCUT2D eigenvalue weighted by molar-refractivity contribution is 5.96. The van der Waals surface area contributed by atoms with Crippen LogP contribution in [-0.2, 0) is 4.79 Å². The van der Waals surface area contributed by atoms with Gasteiger partial charge < -0.3 is 9.88 Å². The lowest BCUT2D eigenvalue weighted by Crippen LogP contribution is -2.36. The predicted octanol–water partition coefficient (Wildman–Crippen LogP) is 3.17. The fraction of sp³-hybridized carbons (Fsp3) is 0.696. The quantitative estimate of drug-likeness (QED) is 0.680. The van der Waals surface area contributed by atoms with Crippen LogP contribution in [0.1, 0.15) is 50.9 Å². The summed E-state index contributed by atoms with van der Waals surface area (Å²) in [6, 6.07) is 2.47. The summed E-state index contributed by atoms with van der Waals surface area (Å²) in [5.74, 6) is -1.99. The van der Waals surface area contributed by atoms with Crippen LogP contribution in [0.25, 0.3) is 11.2 Å². The summed E-state index contributed by atoms with van der Waals surface area (Å²) in [6.45, 7) is 2.40. The van der Waals surface area contributed by atoms with Gasteiger partial charge in [-0.25, -0.2) is 24.2 Å². The smallest absolute Gasteiger partial charge is 0.254 e. The minimum atomic E-state index is -2.55. The van der Waals surface area contributed by atoms with Crippen LogP contribution in [0.3, 0.4) is 0 Å². The molecule has 170 valence electrons. The molecule has 0 radical (unpaired) electrons. The van der Waals surface area contributed by atoms with Crippen molar-refractivity contribution in [2.75, 3.05) is 11.9 Å². The van der Waals surface area contributed by atoms with E-state index in [4.69, 9.17) is 4.98 Å². The molecule has 4 unspecified atom stereocenters. The van der Waals surface area contributed by atoms with E-state index in [9.17, 15) is 13.6 Å². The molecule has 5 fully saturated rings. The minimum absolute atomic E-state index is 0.104. The molecule has 2 aromatic rings. The van der Waals surface area contributed by atoms with E-state index < -0.39 is 17.8 Å². The third kappa shape index (κ3) is 2.61. The van der Waals surface area contributed by atoms with Crippen LogP contribution in [0, 0.1) is 35.0 Å². The fourth-order valence-corrected chi connectivity index (χ4v) is 7.02. The van der Waals surface area contributed by atoms with Gasteiger partial charge in [-0.15, -0.1) is 0 Å². The summed E-state index contributed by atoms with van der Waals surface area (Å²) in [7, 11) is 1.70. The molecule has 0 aromatic carbocycles. The zero-order chi connectivity index (χ0) is 22.0. The summed E-state index contributed by atoms with van der Waals surface area (Å²) >= 11 is 0. The Hall–Kier alpha value is -2.13. The number of imidazole rings is 1. The first-order valence-electron chi connectivity index (χ1n) is 11.8. The number of hydrogen-bond acceptors (Lipinski definition) is 5. The second kappa shape index (κ2) is 6.05. The van der Waals surface area contributed by atoms with Gasteiger partial charge in [0.1, 0.15) is 5.82 Å². The van der Waals surface area contributed by atoms with Crippen LogP contribution in [0.4, 0.5) is 14.5 Å². The van der Waals surface area contributed by atoms with E-state index in [1.807, 2.05) is 6.07 Å². The molecule has 3 heterocycles. The number of alkyl halides is 2. The van der Waals surface area contributed by atoms with Gasteiger partial charge in [-0.3, -0.25) is 10.2 Å². The number of hydrogen-bond donors (Lipinski definition) is 3. The number of nitrogens with zero attached hydrogens (tertiary/aromatic N) is 3. The van der Waals surface area contributed by atoms with Crippen LogP contribution in [-0.4, -0.2) is 39.9 Å². The van der Waals surface area contributed by atoms with E-state index >= 15 is 0 Å². The molecule has 1 amide bonds. The molecule has 7 nitrogen and oxygen atoms in total. The number of hydrazine groups is 1. The molecule has 8 atom stereocenters. The van der Waals surface area contributed by atoms with Gasteiger partial charge in [0.05, 0.1) is 23.4 Å². The molecular formula is C23H28F2N6O. The molecule has 1 saturated heterocycles. The minimum Gasteiger partial charge on any atom is -0.339 e. The number of aromatic nitrogens is 3. The average Bonchev–Trinajstić information content (AvgIpc) is 3.27. The highest BCUT2D eigenvalue weighted by Gasteiger charge is 2.72. The van der Waals surface area contributed by atoms with E-state index in [0.717, 1.165) is 17.3 Å². The number of amides is 1. The van der Waals surface area contributed by atoms with Gasteiger partial charge in [-0.05, 0) is 55.4 Å². The Balaban J connectivity index is 1.10. The van der Waals surface area contributed by atoms with Gasteiger partial charge in [-0.2, -0.15) is 0 Å². The first kappa shape index (κ1) is 19.3. The summed E-state index contributed by atoms with van der Waals surface area (Å²) in [6.07, 6.45) is 5.97. The summed E-state index contributed by atoms with van der Waals surface area (Å²) in [5.41, 5.74) is 9.52. The van der Waals surface area contributed by atoms with Gasteiger partial charge >= 0.3 is 0 Å². The van der Waals surface area contributed by atoms with Crippen LogP contribution in [0.15, 0.2) is 12.3 Å². The monoisotopic (exact) mass is 442 g/mol. The number of H-pyrrole nitrogens is 1. The van der Waals surface area contributed by atoms with Gasteiger partial charge in [0.25, 0.3) is 5.92 Å². The fourth-order valence-electron chi connectivity index (χ4n) is 7.02. The molecule has 0 spiro atoms. The Morgan fingerprint density at radius 1 is 1.19 bits per heavy atom. The van der Waals surface area contributed by atoms with E-state index in [0.29, 0.717) is 28.7 Å². The second-order valence-corrected chi connectivity index (χ2v) is 11.2. The third-order valence-corrected chi connectivity index (χ3v) is 9.30.